The minimum absolute atomic E-state index is 0.0322. The van der Waals surface area contributed by atoms with E-state index in [1.807, 2.05) is 0 Å². The van der Waals surface area contributed by atoms with E-state index in [4.69, 9.17) is 4.74 Å². The monoisotopic (exact) mass is 324 g/mol. The summed E-state index contributed by atoms with van der Waals surface area (Å²) in [5, 5.41) is 5.21. The fourth-order valence-electron chi connectivity index (χ4n) is 1.86. The Bertz CT molecular complexity index is 690. The zero-order chi connectivity index (χ0) is 16.8. The average Bonchev–Trinajstić information content (AvgIpc) is 2.56. The largest absolute Gasteiger partial charge is 0.497 e. The summed E-state index contributed by atoms with van der Waals surface area (Å²) in [7, 11) is 1.56. The first-order valence-electron chi connectivity index (χ1n) is 6.82. The van der Waals surface area contributed by atoms with Crippen molar-refractivity contribution in [3.8, 4) is 5.75 Å². The van der Waals surface area contributed by atoms with Gasteiger partial charge < -0.3 is 15.4 Å². The molecule has 0 aliphatic rings. The number of methoxy groups -OCH3 is 1. The molecule has 2 aromatic rings. The Labute approximate surface area is 131 Å². The Balaban J connectivity index is 1.84. The third kappa shape index (κ3) is 4.38. The predicted molar refractivity (Wildman–Crippen MR) is 81.0 cm³/mol. The highest BCUT2D eigenvalue weighted by atomic mass is 19.2. The molecule has 0 fully saturated rings. The first-order valence-corrected chi connectivity index (χ1v) is 6.82. The summed E-state index contributed by atoms with van der Waals surface area (Å²) in [6.07, 6.45) is 0.0322. The maximum Gasteiger partial charge on any atom is 0.226 e. The third-order valence-corrected chi connectivity index (χ3v) is 3.08. The molecular formula is C16H15F3N2O2. The topological polar surface area (TPSA) is 50.4 Å². The van der Waals surface area contributed by atoms with Crippen LogP contribution < -0.4 is 15.4 Å². The molecule has 122 valence electrons. The van der Waals surface area contributed by atoms with Crippen molar-refractivity contribution in [3.63, 3.8) is 0 Å². The highest BCUT2D eigenvalue weighted by Crippen LogP contribution is 2.20. The van der Waals surface area contributed by atoms with Crippen LogP contribution in [0.5, 0.6) is 5.75 Å². The summed E-state index contributed by atoms with van der Waals surface area (Å²) in [6.45, 7) is 0.295. The van der Waals surface area contributed by atoms with Crippen LogP contribution in [0.4, 0.5) is 24.5 Å². The summed E-state index contributed by atoms with van der Waals surface area (Å²) in [4.78, 5) is 11.7. The number of halogens is 3. The number of nitrogens with one attached hydrogen (secondary N) is 2. The van der Waals surface area contributed by atoms with Gasteiger partial charge >= 0.3 is 0 Å². The van der Waals surface area contributed by atoms with Crippen LogP contribution in [0.25, 0.3) is 0 Å². The van der Waals surface area contributed by atoms with Gasteiger partial charge in [0.1, 0.15) is 5.75 Å². The highest BCUT2D eigenvalue weighted by molar-refractivity contribution is 5.91. The summed E-state index contributed by atoms with van der Waals surface area (Å²) in [6, 6.07) is 8.82. The molecule has 1 amide bonds. The average molecular weight is 324 g/mol. The van der Waals surface area contributed by atoms with E-state index in [0.29, 0.717) is 12.3 Å². The predicted octanol–water partition coefficient (Wildman–Crippen LogP) is 3.55. The molecule has 0 aliphatic carbocycles. The first kappa shape index (κ1) is 16.7. The van der Waals surface area contributed by atoms with Gasteiger partial charge in [0.25, 0.3) is 0 Å². The van der Waals surface area contributed by atoms with Crippen molar-refractivity contribution in [1.82, 2.24) is 0 Å². The Morgan fingerprint density at radius 1 is 1.04 bits per heavy atom. The van der Waals surface area contributed by atoms with E-state index in [0.717, 1.165) is 17.8 Å². The molecule has 0 aliphatic heterocycles. The lowest BCUT2D eigenvalue weighted by atomic mass is 10.2. The molecule has 2 aromatic carbocycles. The van der Waals surface area contributed by atoms with Crippen LogP contribution in [0.15, 0.2) is 36.4 Å². The first-order chi connectivity index (χ1) is 11.0. The zero-order valence-corrected chi connectivity index (χ0v) is 12.3. The van der Waals surface area contributed by atoms with Crippen molar-refractivity contribution in [2.24, 2.45) is 0 Å². The Morgan fingerprint density at radius 2 is 1.74 bits per heavy atom. The van der Waals surface area contributed by atoms with Crippen molar-refractivity contribution in [2.45, 2.75) is 6.42 Å². The van der Waals surface area contributed by atoms with Gasteiger partial charge in [0.15, 0.2) is 17.5 Å². The standard InChI is InChI=1S/C16H15F3N2O2/c1-23-11-4-2-10(3-5-11)20-9-8-14(22)21-13-7-6-12(17)15(18)16(13)19/h2-7,20H,8-9H2,1H3,(H,21,22). The molecule has 0 saturated heterocycles. The van der Waals surface area contributed by atoms with Gasteiger partial charge in [0, 0.05) is 18.7 Å². The maximum absolute atomic E-state index is 13.4. The second kappa shape index (κ2) is 7.53. The van der Waals surface area contributed by atoms with Crippen LogP contribution >= 0.6 is 0 Å². The lowest BCUT2D eigenvalue weighted by Crippen LogP contribution is -2.17. The molecule has 7 heteroatoms. The fraction of sp³-hybridized carbons (Fsp3) is 0.188. The number of amides is 1. The molecule has 0 radical (unpaired) electrons. The zero-order valence-electron chi connectivity index (χ0n) is 12.3. The van der Waals surface area contributed by atoms with E-state index in [1.165, 1.54) is 0 Å². The van der Waals surface area contributed by atoms with Gasteiger partial charge in [-0.1, -0.05) is 0 Å². The molecule has 0 unspecified atom stereocenters. The number of carbonyl (C=O) groups excluding carboxylic acids is 1. The summed E-state index contributed by atoms with van der Waals surface area (Å²) in [5.74, 6) is -4.14. The molecule has 0 bridgehead atoms. The van der Waals surface area contributed by atoms with Gasteiger partial charge in [-0.3, -0.25) is 4.79 Å². The number of benzene rings is 2. The number of ether oxygens (including phenoxy) is 1. The van der Waals surface area contributed by atoms with Crippen molar-refractivity contribution in [2.75, 3.05) is 24.3 Å². The van der Waals surface area contributed by atoms with E-state index in [1.54, 1.807) is 31.4 Å². The molecule has 0 spiro atoms. The normalized spacial score (nSPS) is 10.3. The quantitative estimate of drug-likeness (QED) is 0.799. The number of rotatable bonds is 6. The lowest BCUT2D eigenvalue weighted by molar-refractivity contribution is -0.116. The Morgan fingerprint density at radius 3 is 2.39 bits per heavy atom. The van der Waals surface area contributed by atoms with E-state index < -0.39 is 29.0 Å². The highest BCUT2D eigenvalue weighted by Gasteiger charge is 2.14. The SMILES string of the molecule is COc1ccc(NCCC(=O)Nc2ccc(F)c(F)c2F)cc1. The van der Waals surface area contributed by atoms with Crippen molar-refractivity contribution in [1.29, 1.82) is 0 Å². The Hall–Kier alpha value is -2.70. The molecular weight excluding hydrogens is 309 g/mol. The molecule has 0 atom stereocenters. The van der Waals surface area contributed by atoms with Gasteiger partial charge in [-0.25, -0.2) is 13.2 Å². The van der Waals surface area contributed by atoms with Crippen LogP contribution in [0.2, 0.25) is 0 Å². The second-order valence-electron chi connectivity index (χ2n) is 4.68. The van der Waals surface area contributed by atoms with Crippen molar-refractivity contribution < 1.29 is 22.7 Å². The molecule has 2 rings (SSSR count). The van der Waals surface area contributed by atoms with E-state index in [2.05, 4.69) is 10.6 Å². The fourth-order valence-corrected chi connectivity index (χ4v) is 1.86. The number of carbonyl (C=O) groups is 1. The number of hydrogen-bond acceptors (Lipinski definition) is 3. The smallest absolute Gasteiger partial charge is 0.226 e. The second-order valence-corrected chi connectivity index (χ2v) is 4.68. The molecule has 2 N–H and O–H groups in total. The van der Waals surface area contributed by atoms with E-state index in [-0.39, 0.29) is 6.42 Å². The van der Waals surface area contributed by atoms with Crippen LogP contribution in [-0.4, -0.2) is 19.6 Å². The van der Waals surface area contributed by atoms with E-state index >= 15 is 0 Å². The summed E-state index contributed by atoms with van der Waals surface area (Å²) < 4.78 is 44.3. The van der Waals surface area contributed by atoms with Crippen LogP contribution in [-0.2, 0) is 4.79 Å². The Kier molecular flexibility index (Phi) is 5.46. The van der Waals surface area contributed by atoms with Gasteiger partial charge in [-0.15, -0.1) is 0 Å². The van der Waals surface area contributed by atoms with Gasteiger partial charge in [0.2, 0.25) is 5.91 Å². The van der Waals surface area contributed by atoms with Gasteiger partial charge in [-0.05, 0) is 36.4 Å². The van der Waals surface area contributed by atoms with Gasteiger partial charge in [-0.2, -0.15) is 0 Å². The maximum atomic E-state index is 13.4. The molecule has 0 aromatic heterocycles. The minimum Gasteiger partial charge on any atom is -0.497 e. The number of hydrogen-bond donors (Lipinski definition) is 2. The third-order valence-electron chi connectivity index (χ3n) is 3.08. The van der Waals surface area contributed by atoms with E-state index in [9.17, 15) is 18.0 Å². The van der Waals surface area contributed by atoms with Crippen LogP contribution in [0, 0.1) is 17.5 Å². The summed E-state index contributed by atoms with van der Waals surface area (Å²) in [5.41, 5.74) is 0.399. The van der Waals surface area contributed by atoms with Crippen LogP contribution in [0.1, 0.15) is 6.42 Å². The van der Waals surface area contributed by atoms with Gasteiger partial charge in [0.05, 0.1) is 12.8 Å². The van der Waals surface area contributed by atoms with Crippen molar-refractivity contribution >= 4 is 17.3 Å². The summed E-state index contributed by atoms with van der Waals surface area (Å²) >= 11 is 0. The molecule has 23 heavy (non-hydrogen) atoms. The molecule has 4 nitrogen and oxygen atoms in total. The molecule has 0 saturated carbocycles. The van der Waals surface area contributed by atoms with Crippen molar-refractivity contribution in [3.05, 3.63) is 53.8 Å². The lowest BCUT2D eigenvalue weighted by Gasteiger charge is -2.09. The van der Waals surface area contributed by atoms with Crippen LogP contribution in [0.3, 0.4) is 0 Å². The minimum atomic E-state index is -1.61. The molecule has 0 heterocycles. The number of anilines is 2.